The molecular formula is C12H8F6N2O. The standard InChI is InChI=1S/C12H8F6N2O/c1-2-21-9-4-3-6-7(11(13,14)15)5-8(12(16,17)18)19-10(6)20-9/h3-5H,2H2,1H3. The monoisotopic (exact) mass is 310 g/mol. The molecule has 0 N–H and O–H groups in total. The van der Waals surface area contributed by atoms with Crippen LogP contribution in [0.4, 0.5) is 26.3 Å². The molecule has 2 heterocycles. The topological polar surface area (TPSA) is 35.0 Å². The zero-order chi connectivity index (χ0) is 15.8. The summed E-state index contributed by atoms with van der Waals surface area (Å²) in [6, 6.07) is 2.11. The second-order valence-electron chi connectivity index (χ2n) is 4.00. The largest absolute Gasteiger partial charge is 0.478 e. The third kappa shape index (κ3) is 3.17. The van der Waals surface area contributed by atoms with Gasteiger partial charge in [-0.2, -0.15) is 31.3 Å². The summed E-state index contributed by atoms with van der Waals surface area (Å²) in [5, 5.41) is -0.515. The number of hydrogen-bond acceptors (Lipinski definition) is 3. The number of fused-ring (bicyclic) bond motifs is 1. The molecule has 0 atom stereocenters. The summed E-state index contributed by atoms with van der Waals surface area (Å²) < 4.78 is 81.5. The van der Waals surface area contributed by atoms with Crippen molar-refractivity contribution in [3.8, 4) is 5.88 Å². The number of nitrogens with zero attached hydrogens (tertiary/aromatic N) is 2. The first kappa shape index (κ1) is 15.3. The fraction of sp³-hybridized carbons (Fsp3) is 0.333. The normalized spacial score (nSPS) is 12.7. The SMILES string of the molecule is CCOc1ccc2c(C(F)(F)F)cc(C(F)(F)F)nc2n1. The third-order valence-corrected chi connectivity index (χ3v) is 2.54. The van der Waals surface area contributed by atoms with Crippen molar-refractivity contribution in [1.29, 1.82) is 0 Å². The van der Waals surface area contributed by atoms with Gasteiger partial charge in [-0.1, -0.05) is 0 Å². The first-order valence-electron chi connectivity index (χ1n) is 5.72. The minimum atomic E-state index is -5.00. The van der Waals surface area contributed by atoms with E-state index in [1.54, 1.807) is 6.92 Å². The van der Waals surface area contributed by atoms with Crippen molar-refractivity contribution in [3.63, 3.8) is 0 Å². The number of halogens is 6. The van der Waals surface area contributed by atoms with E-state index in [0.717, 1.165) is 12.1 Å². The Hall–Kier alpha value is -2.06. The van der Waals surface area contributed by atoms with Gasteiger partial charge in [0.2, 0.25) is 5.88 Å². The number of ether oxygens (including phenoxy) is 1. The maximum Gasteiger partial charge on any atom is 0.433 e. The molecule has 0 aromatic carbocycles. The number of aromatic nitrogens is 2. The van der Waals surface area contributed by atoms with E-state index in [1.165, 1.54) is 0 Å². The molecule has 0 aliphatic carbocycles. The fourth-order valence-corrected chi connectivity index (χ4v) is 1.70. The molecule has 0 spiro atoms. The van der Waals surface area contributed by atoms with Crippen LogP contribution in [0.3, 0.4) is 0 Å². The summed E-state index contributed by atoms with van der Waals surface area (Å²) in [4.78, 5) is 6.73. The van der Waals surface area contributed by atoms with Crippen LogP contribution in [0.5, 0.6) is 5.88 Å². The van der Waals surface area contributed by atoms with Crippen LogP contribution in [0.15, 0.2) is 18.2 Å². The average molecular weight is 310 g/mol. The van der Waals surface area contributed by atoms with E-state index in [0.29, 0.717) is 0 Å². The molecule has 0 radical (unpaired) electrons. The smallest absolute Gasteiger partial charge is 0.433 e. The Morgan fingerprint density at radius 1 is 1.00 bits per heavy atom. The average Bonchev–Trinajstić information content (AvgIpc) is 2.35. The van der Waals surface area contributed by atoms with Gasteiger partial charge in [0.15, 0.2) is 5.65 Å². The van der Waals surface area contributed by atoms with Gasteiger partial charge in [-0.15, -0.1) is 0 Å². The van der Waals surface area contributed by atoms with Gasteiger partial charge in [0.05, 0.1) is 12.2 Å². The highest BCUT2D eigenvalue weighted by Gasteiger charge is 2.39. The molecule has 0 fully saturated rings. The molecule has 21 heavy (non-hydrogen) atoms. The van der Waals surface area contributed by atoms with Crippen molar-refractivity contribution in [2.75, 3.05) is 6.61 Å². The van der Waals surface area contributed by atoms with Crippen LogP contribution in [-0.2, 0) is 12.4 Å². The Kier molecular flexibility index (Phi) is 3.68. The van der Waals surface area contributed by atoms with Gasteiger partial charge in [-0.25, -0.2) is 4.98 Å². The zero-order valence-electron chi connectivity index (χ0n) is 10.5. The quantitative estimate of drug-likeness (QED) is 0.784. The predicted molar refractivity (Wildman–Crippen MR) is 60.7 cm³/mol. The lowest BCUT2D eigenvalue weighted by Crippen LogP contribution is -2.14. The van der Waals surface area contributed by atoms with Crippen LogP contribution in [0.25, 0.3) is 11.0 Å². The Bertz CT molecular complexity index is 665. The van der Waals surface area contributed by atoms with Gasteiger partial charge in [0.25, 0.3) is 0 Å². The molecule has 2 rings (SSSR count). The molecule has 9 heteroatoms. The molecule has 0 aliphatic rings. The molecule has 0 bridgehead atoms. The maximum atomic E-state index is 12.9. The molecule has 0 saturated heterocycles. The lowest BCUT2D eigenvalue weighted by atomic mass is 10.1. The summed E-state index contributed by atoms with van der Waals surface area (Å²) in [6.45, 7) is 1.77. The Balaban J connectivity index is 2.75. The number of alkyl halides is 6. The molecule has 2 aromatic heterocycles. The zero-order valence-corrected chi connectivity index (χ0v) is 10.5. The van der Waals surface area contributed by atoms with Gasteiger partial charge in [-0.05, 0) is 19.1 Å². The van der Waals surface area contributed by atoms with E-state index in [-0.39, 0.29) is 18.6 Å². The van der Waals surface area contributed by atoms with Gasteiger partial charge in [0, 0.05) is 11.5 Å². The van der Waals surface area contributed by atoms with Crippen molar-refractivity contribution >= 4 is 11.0 Å². The van der Waals surface area contributed by atoms with E-state index in [4.69, 9.17) is 4.74 Å². The molecule has 3 nitrogen and oxygen atoms in total. The van der Waals surface area contributed by atoms with Crippen LogP contribution >= 0.6 is 0 Å². The number of hydrogen-bond donors (Lipinski definition) is 0. The van der Waals surface area contributed by atoms with Crippen LogP contribution < -0.4 is 4.74 Å². The highest BCUT2D eigenvalue weighted by Crippen LogP contribution is 2.38. The fourth-order valence-electron chi connectivity index (χ4n) is 1.70. The first-order valence-corrected chi connectivity index (χ1v) is 5.72. The lowest BCUT2D eigenvalue weighted by molar-refractivity contribution is -0.144. The minimum Gasteiger partial charge on any atom is -0.478 e. The molecule has 114 valence electrons. The van der Waals surface area contributed by atoms with Crippen molar-refractivity contribution in [3.05, 3.63) is 29.5 Å². The second-order valence-corrected chi connectivity index (χ2v) is 4.00. The molecule has 0 aliphatic heterocycles. The summed E-state index contributed by atoms with van der Waals surface area (Å²) in [5.74, 6) is -0.0926. The van der Waals surface area contributed by atoms with E-state index in [2.05, 4.69) is 9.97 Å². The molecule has 0 saturated carbocycles. The van der Waals surface area contributed by atoms with Gasteiger partial charge >= 0.3 is 12.4 Å². The highest BCUT2D eigenvalue weighted by molar-refractivity contribution is 5.80. The van der Waals surface area contributed by atoms with E-state index in [9.17, 15) is 26.3 Å². The van der Waals surface area contributed by atoms with Gasteiger partial charge in [-0.3, -0.25) is 0 Å². The molecule has 0 amide bonds. The van der Waals surface area contributed by atoms with Crippen LogP contribution in [0, 0.1) is 0 Å². The summed E-state index contributed by atoms with van der Waals surface area (Å²) in [5.41, 5.74) is -3.75. The second kappa shape index (κ2) is 5.05. The summed E-state index contributed by atoms with van der Waals surface area (Å²) >= 11 is 0. The van der Waals surface area contributed by atoms with Crippen molar-refractivity contribution < 1.29 is 31.1 Å². The summed E-state index contributed by atoms with van der Waals surface area (Å²) in [7, 11) is 0. The lowest BCUT2D eigenvalue weighted by Gasteiger charge is -2.14. The van der Waals surface area contributed by atoms with Crippen molar-refractivity contribution in [1.82, 2.24) is 9.97 Å². The van der Waals surface area contributed by atoms with E-state index >= 15 is 0 Å². The van der Waals surface area contributed by atoms with Gasteiger partial charge in [0.1, 0.15) is 5.69 Å². The molecule has 2 aromatic rings. The number of pyridine rings is 2. The Morgan fingerprint density at radius 3 is 2.19 bits per heavy atom. The van der Waals surface area contributed by atoms with E-state index < -0.39 is 34.6 Å². The van der Waals surface area contributed by atoms with Crippen LogP contribution in [-0.4, -0.2) is 16.6 Å². The van der Waals surface area contributed by atoms with E-state index in [1.807, 2.05) is 0 Å². The third-order valence-electron chi connectivity index (χ3n) is 2.54. The van der Waals surface area contributed by atoms with Crippen molar-refractivity contribution in [2.24, 2.45) is 0 Å². The molecular weight excluding hydrogens is 302 g/mol. The van der Waals surface area contributed by atoms with Crippen LogP contribution in [0.2, 0.25) is 0 Å². The Labute approximate surface area is 114 Å². The maximum absolute atomic E-state index is 12.9. The van der Waals surface area contributed by atoms with Crippen molar-refractivity contribution in [2.45, 2.75) is 19.3 Å². The Morgan fingerprint density at radius 2 is 1.67 bits per heavy atom. The van der Waals surface area contributed by atoms with Crippen LogP contribution in [0.1, 0.15) is 18.2 Å². The molecule has 0 unspecified atom stereocenters. The first-order chi connectivity index (χ1) is 9.63. The van der Waals surface area contributed by atoms with Gasteiger partial charge < -0.3 is 4.74 Å². The highest BCUT2D eigenvalue weighted by atomic mass is 19.4. The number of rotatable bonds is 2. The predicted octanol–water partition coefficient (Wildman–Crippen LogP) is 4.07. The minimum absolute atomic E-state index is 0.0234. The summed E-state index contributed by atoms with van der Waals surface area (Å²) in [6.07, 6.45) is -9.95.